The molecule has 0 aliphatic carbocycles. The second kappa shape index (κ2) is 11.4. The lowest BCUT2D eigenvalue weighted by Crippen LogP contribution is -2.31. The van der Waals surface area contributed by atoms with Gasteiger partial charge in [-0.25, -0.2) is 9.67 Å². The first-order chi connectivity index (χ1) is 20.1. The molecule has 0 radical (unpaired) electrons. The fourth-order valence-corrected chi connectivity index (χ4v) is 4.79. The molecule has 0 fully saturated rings. The highest BCUT2D eigenvalue weighted by atomic mass is 16.5. The molecule has 0 spiro atoms. The number of amides is 1. The lowest BCUT2D eigenvalue weighted by atomic mass is 9.94. The van der Waals surface area contributed by atoms with Crippen LogP contribution in [0, 0.1) is 0 Å². The molecule has 5 aromatic rings. The van der Waals surface area contributed by atoms with Gasteiger partial charge in [0.25, 0.3) is 5.91 Å². The number of fused-ring (bicyclic) bond motifs is 1. The Hall–Kier alpha value is -5.44. The molecule has 41 heavy (non-hydrogen) atoms. The highest BCUT2D eigenvalue weighted by molar-refractivity contribution is 6.05. The van der Waals surface area contributed by atoms with Gasteiger partial charge in [-0.05, 0) is 42.3 Å². The maximum absolute atomic E-state index is 13.8. The number of benzene rings is 3. The van der Waals surface area contributed by atoms with Crippen LogP contribution in [0.25, 0.3) is 11.4 Å². The molecule has 6 rings (SSSR count). The molecule has 9 heteroatoms. The maximum atomic E-state index is 13.8. The van der Waals surface area contributed by atoms with Crippen molar-refractivity contribution in [2.24, 2.45) is 0 Å². The molecule has 1 amide bonds. The molecule has 204 valence electrons. The van der Waals surface area contributed by atoms with E-state index >= 15 is 0 Å². The van der Waals surface area contributed by atoms with E-state index in [1.807, 2.05) is 91.9 Å². The minimum atomic E-state index is -0.600. The Morgan fingerprint density at radius 1 is 0.951 bits per heavy atom. The molecule has 0 bridgehead atoms. The van der Waals surface area contributed by atoms with Crippen molar-refractivity contribution in [3.63, 3.8) is 0 Å². The summed E-state index contributed by atoms with van der Waals surface area (Å²) in [7, 11) is 1.60. The Balaban J connectivity index is 1.40. The van der Waals surface area contributed by atoms with Crippen molar-refractivity contribution in [2.45, 2.75) is 19.6 Å². The normalized spacial score (nSPS) is 14.1. The number of hydrogen-bond acceptors (Lipinski definition) is 7. The summed E-state index contributed by atoms with van der Waals surface area (Å²) >= 11 is 0. The first kappa shape index (κ1) is 25.8. The predicted molar refractivity (Wildman–Crippen MR) is 157 cm³/mol. The number of ether oxygens (including phenoxy) is 2. The van der Waals surface area contributed by atoms with Gasteiger partial charge in [0, 0.05) is 17.5 Å². The van der Waals surface area contributed by atoms with Crippen molar-refractivity contribution >= 4 is 17.7 Å². The number of aromatic nitrogens is 4. The van der Waals surface area contributed by atoms with Gasteiger partial charge < -0.3 is 20.1 Å². The number of carbonyl (C=O) groups excluding carboxylic acids is 1. The van der Waals surface area contributed by atoms with E-state index in [4.69, 9.17) is 19.6 Å². The van der Waals surface area contributed by atoms with E-state index in [1.165, 1.54) is 0 Å². The van der Waals surface area contributed by atoms with Gasteiger partial charge in [0.15, 0.2) is 17.3 Å². The van der Waals surface area contributed by atoms with E-state index in [1.54, 1.807) is 30.1 Å². The van der Waals surface area contributed by atoms with Crippen LogP contribution in [0.15, 0.2) is 115 Å². The van der Waals surface area contributed by atoms with Gasteiger partial charge in [0.2, 0.25) is 5.95 Å². The van der Waals surface area contributed by atoms with Crippen molar-refractivity contribution in [1.29, 1.82) is 0 Å². The van der Waals surface area contributed by atoms with E-state index in [2.05, 4.69) is 15.6 Å². The minimum absolute atomic E-state index is 0.301. The van der Waals surface area contributed by atoms with Crippen LogP contribution in [-0.2, 0) is 11.4 Å². The topological polar surface area (TPSA) is 103 Å². The van der Waals surface area contributed by atoms with Crippen LogP contribution in [-0.4, -0.2) is 32.8 Å². The second-order valence-electron chi connectivity index (χ2n) is 9.49. The van der Waals surface area contributed by atoms with Crippen LogP contribution in [0.2, 0.25) is 0 Å². The van der Waals surface area contributed by atoms with Crippen molar-refractivity contribution in [3.8, 4) is 22.9 Å². The van der Waals surface area contributed by atoms with Gasteiger partial charge >= 0.3 is 0 Å². The molecule has 2 N–H and O–H groups in total. The number of hydrogen-bond donors (Lipinski definition) is 2. The van der Waals surface area contributed by atoms with E-state index in [9.17, 15) is 4.79 Å². The second-order valence-corrected chi connectivity index (χ2v) is 9.49. The van der Waals surface area contributed by atoms with Crippen molar-refractivity contribution < 1.29 is 14.3 Å². The fourth-order valence-electron chi connectivity index (χ4n) is 4.79. The molecule has 9 nitrogen and oxygen atoms in total. The van der Waals surface area contributed by atoms with E-state index in [0.29, 0.717) is 47.0 Å². The molecular formula is C32H28N6O3. The summed E-state index contributed by atoms with van der Waals surface area (Å²) in [6.07, 6.45) is 1.63. The average Bonchev–Trinajstić information content (AvgIpc) is 3.44. The lowest BCUT2D eigenvalue weighted by Gasteiger charge is -2.29. The smallest absolute Gasteiger partial charge is 0.257 e. The molecular weight excluding hydrogens is 516 g/mol. The number of methoxy groups -OCH3 is 1. The monoisotopic (exact) mass is 544 g/mol. The molecule has 3 aromatic carbocycles. The zero-order chi connectivity index (χ0) is 28.2. The number of anilines is 2. The first-order valence-electron chi connectivity index (χ1n) is 13.2. The van der Waals surface area contributed by atoms with Gasteiger partial charge in [0.05, 0.1) is 12.7 Å². The van der Waals surface area contributed by atoms with Crippen LogP contribution < -0.4 is 20.1 Å². The lowest BCUT2D eigenvalue weighted by molar-refractivity contribution is -0.113. The number of pyridine rings is 1. The number of nitrogens with one attached hydrogen (secondary N) is 2. The van der Waals surface area contributed by atoms with Gasteiger partial charge in [0.1, 0.15) is 18.5 Å². The summed E-state index contributed by atoms with van der Waals surface area (Å²) in [5, 5.41) is 11.0. The van der Waals surface area contributed by atoms with Gasteiger partial charge in [-0.3, -0.25) is 4.79 Å². The average molecular weight is 545 g/mol. The summed E-state index contributed by atoms with van der Waals surface area (Å²) in [5.74, 6) is 2.37. The molecule has 1 unspecified atom stereocenters. The Morgan fingerprint density at radius 3 is 2.44 bits per heavy atom. The van der Waals surface area contributed by atoms with Crippen molar-refractivity contribution in [3.05, 3.63) is 126 Å². The van der Waals surface area contributed by atoms with E-state index in [0.717, 1.165) is 16.7 Å². The molecule has 1 aliphatic heterocycles. The molecule has 0 saturated heterocycles. The fraction of sp³-hybridized carbons (Fsp3) is 0.125. The third-order valence-corrected chi connectivity index (χ3v) is 6.78. The molecule has 1 aliphatic rings. The van der Waals surface area contributed by atoms with E-state index < -0.39 is 6.04 Å². The zero-order valence-electron chi connectivity index (χ0n) is 22.6. The maximum Gasteiger partial charge on any atom is 0.257 e. The van der Waals surface area contributed by atoms with Gasteiger partial charge in [-0.1, -0.05) is 72.8 Å². The van der Waals surface area contributed by atoms with Crippen LogP contribution in [0.1, 0.15) is 24.1 Å². The number of rotatable bonds is 8. The largest absolute Gasteiger partial charge is 0.493 e. The summed E-state index contributed by atoms with van der Waals surface area (Å²) in [4.78, 5) is 22.8. The first-order valence-corrected chi connectivity index (χ1v) is 13.2. The van der Waals surface area contributed by atoms with Gasteiger partial charge in [-0.2, -0.15) is 4.98 Å². The Bertz CT molecular complexity index is 1700. The molecule has 3 heterocycles. The minimum Gasteiger partial charge on any atom is -0.493 e. The third kappa shape index (κ3) is 5.38. The van der Waals surface area contributed by atoms with Crippen LogP contribution in [0.5, 0.6) is 11.5 Å². The zero-order valence-corrected chi connectivity index (χ0v) is 22.6. The van der Waals surface area contributed by atoms with Gasteiger partial charge in [-0.15, -0.1) is 5.10 Å². The Kier molecular flexibility index (Phi) is 7.15. The summed E-state index contributed by atoms with van der Waals surface area (Å²) in [6, 6.07) is 30.1. The third-order valence-electron chi connectivity index (χ3n) is 6.78. The summed E-state index contributed by atoms with van der Waals surface area (Å²) in [6.45, 7) is 2.25. The Morgan fingerprint density at radius 2 is 1.71 bits per heavy atom. The Labute approximate surface area is 237 Å². The van der Waals surface area contributed by atoms with Crippen LogP contribution in [0.4, 0.5) is 11.8 Å². The molecule has 2 aromatic heterocycles. The predicted octanol–water partition coefficient (Wildman–Crippen LogP) is 5.86. The van der Waals surface area contributed by atoms with Crippen molar-refractivity contribution in [2.75, 3.05) is 17.7 Å². The van der Waals surface area contributed by atoms with Crippen molar-refractivity contribution in [1.82, 2.24) is 19.7 Å². The number of nitrogens with zero attached hydrogens (tertiary/aromatic N) is 4. The highest BCUT2D eigenvalue weighted by Gasteiger charge is 2.35. The quantitative estimate of drug-likeness (QED) is 0.252. The van der Waals surface area contributed by atoms with Crippen LogP contribution in [0.3, 0.4) is 0 Å². The summed E-state index contributed by atoms with van der Waals surface area (Å²) < 4.78 is 13.6. The SMILES string of the molecule is COc1cc(C2C(C(=O)Nc3ccccn3)=C(C)Nc3nc(-c4ccccc4)nn32)ccc1OCc1ccccc1. The highest BCUT2D eigenvalue weighted by Crippen LogP contribution is 2.40. The molecule has 1 atom stereocenters. The number of allylic oxidation sites excluding steroid dienone is 1. The standard InChI is InChI=1S/C32H28N6O3/c1-21-28(31(39)35-27-15-9-10-18-33-27)29(38-32(34-21)36-30(37-38)23-13-7-4-8-14-23)24-16-17-25(26(19-24)40-2)41-20-22-11-5-3-6-12-22/h3-19,29H,20H2,1-2H3,(H,33,35,39)(H,34,36,37). The van der Waals surface area contributed by atoms with E-state index in [-0.39, 0.29) is 5.91 Å². The van der Waals surface area contributed by atoms with Crippen LogP contribution >= 0.6 is 0 Å². The number of carbonyl (C=O) groups is 1. The summed E-state index contributed by atoms with van der Waals surface area (Å²) in [5.41, 5.74) is 3.84. The molecule has 0 saturated carbocycles.